The Morgan fingerprint density at radius 2 is 1.84 bits per heavy atom. The molecule has 25 heavy (non-hydrogen) atoms. The molecule has 0 aromatic heterocycles. The third-order valence-electron chi connectivity index (χ3n) is 5.88. The minimum Gasteiger partial charge on any atom is -0.331 e. The number of nitrogens with one attached hydrogen (secondary N) is 2. The molecule has 0 spiro atoms. The maximum atomic E-state index is 12.2. The summed E-state index contributed by atoms with van der Waals surface area (Å²) in [5.74, 6) is 2.29. The van der Waals surface area contributed by atoms with E-state index in [1.54, 1.807) is 12.1 Å². The van der Waals surface area contributed by atoms with Crippen LogP contribution in [0, 0.1) is 27.9 Å². The first-order valence-corrected chi connectivity index (χ1v) is 8.87. The topological polar surface area (TPSA) is 96.6 Å². The fraction of sp³-hybridized carbons (Fsp3) is 0.556. The van der Waals surface area contributed by atoms with E-state index in [0.29, 0.717) is 5.56 Å². The van der Waals surface area contributed by atoms with Gasteiger partial charge in [-0.2, -0.15) is 5.10 Å². The Hall–Kier alpha value is -2.44. The lowest BCUT2D eigenvalue weighted by Crippen LogP contribution is -2.61. The quantitative estimate of drug-likeness (QED) is 0.499. The fourth-order valence-corrected chi connectivity index (χ4v) is 5.42. The molecule has 0 saturated heterocycles. The highest BCUT2D eigenvalue weighted by Gasteiger charge is 2.51. The number of hydrazone groups is 1. The van der Waals surface area contributed by atoms with Gasteiger partial charge >= 0.3 is 6.03 Å². The average molecular weight is 342 g/mol. The minimum atomic E-state index is -0.454. The highest BCUT2D eigenvalue weighted by atomic mass is 16.6. The van der Waals surface area contributed by atoms with Crippen molar-refractivity contribution in [3.8, 4) is 0 Å². The highest BCUT2D eigenvalue weighted by molar-refractivity contribution is 5.82. The van der Waals surface area contributed by atoms with E-state index in [-0.39, 0.29) is 17.3 Å². The number of urea groups is 1. The Balaban J connectivity index is 1.35. The lowest BCUT2D eigenvalue weighted by atomic mass is 9.53. The third kappa shape index (κ3) is 3.36. The first-order chi connectivity index (χ1) is 12.0. The number of non-ortho nitro benzene ring substituents is 1. The van der Waals surface area contributed by atoms with Gasteiger partial charge in [-0.3, -0.25) is 10.1 Å². The van der Waals surface area contributed by atoms with Crippen LogP contribution in [0.3, 0.4) is 0 Å². The summed E-state index contributed by atoms with van der Waals surface area (Å²) in [5, 5.41) is 17.9. The van der Waals surface area contributed by atoms with E-state index in [0.717, 1.165) is 37.0 Å². The fourth-order valence-electron chi connectivity index (χ4n) is 5.42. The van der Waals surface area contributed by atoms with Crippen LogP contribution in [0.15, 0.2) is 29.4 Å². The number of carbonyl (C=O) groups excluding carboxylic acids is 1. The van der Waals surface area contributed by atoms with Crippen molar-refractivity contribution in [1.82, 2.24) is 10.7 Å². The number of amides is 2. The number of hydrogen-bond donors (Lipinski definition) is 2. The van der Waals surface area contributed by atoms with Gasteiger partial charge in [0.2, 0.25) is 0 Å². The highest BCUT2D eigenvalue weighted by Crippen LogP contribution is 2.55. The molecule has 132 valence electrons. The lowest BCUT2D eigenvalue weighted by Gasteiger charge is -2.56. The van der Waals surface area contributed by atoms with Gasteiger partial charge in [0.15, 0.2) is 0 Å². The summed E-state index contributed by atoms with van der Waals surface area (Å²) < 4.78 is 0. The van der Waals surface area contributed by atoms with Crippen LogP contribution in [0.25, 0.3) is 0 Å². The molecule has 0 unspecified atom stereocenters. The lowest BCUT2D eigenvalue weighted by molar-refractivity contribution is -0.384. The van der Waals surface area contributed by atoms with Gasteiger partial charge in [0.1, 0.15) is 0 Å². The summed E-state index contributed by atoms with van der Waals surface area (Å²) in [7, 11) is 0. The van der Waals surface area contributed by atoms with Crippen molar-refractivity contribution < 1.29 is 9.72 Å². The summed E-state index contributed by atoms with van der Waals surface area (Å²) in [6, 6.07) is 5.85. The van der Waals surface area contributed by atoms with Gasteiger partial charge in [0.25, 0.3) is 5.69 Å². The zero-order chi connectivity index (χ0) is 17.4. The zero-order valence-corrected chi connectivity index (χ0v) is 14.0. The Bertz CT molecular complexity index is 696. The number of carbonyl (C=O) groups is 1. The van der Waals surface area contributed by atoms with Gasteiger partial charge in [-0.15, -0.1) is 0 Å². The number of hydrogen-bond acceptors (Lipinski definition) is 4. The average Bonchev–Trinajstić information content (AvgIpc) is 2.53. The van der Waals surface area contributed by atoms with Crippen LogP contribution in [-0.4, -0.2) is 22.7 Å². The van der Waals surface area contributed by atoms with E-state index in [2.05, 4.69) is 15.8 Å². The Kier molecular flexibility index (Phi) is 3.94. The maximum Gasteiger partial charge on any atom is 0.335 e. The summed E-state index contributed by atoms with van der Waals surface area (Å²) in [6.45, 7) is 0. The first kappa shape index (κ1) is 16.1. The van der Waals surface area contributed by atoms with E-state index in [1.807, 2.05) is 0 Å². The number of rotatable bonds is 4. The number of nitro groups is 1. The van der Waals surface area contributed by atoms with Crippen LogP contribution in [-0.2, 0) is 0 Å². The van der Waals surface area contributed by atoms with Crippen molar-refractivity contribution in [3.63, 3.8) is 0 Å². The second kappa shape index (κ2) is 6.13. The Labute approximate surface area is 146 Å². The second-order valence-electron chi connectivity index (χ2n) is 7.87. The molecule has 4 saturated carbocycles. The largest absolute Gasteiger partial charge is 0.335 e. The van der Waals surface area contributed by atoms with Crippen molar-refractivity contribution in [2.45, 2.75) is 44.1 Å². The van der Waals surface area contributed by atoms with Crippen molar-refractivity contribution in [1.29, 1.82) is 0 Å². The van der Waals surface area contributed by atoms with Crippen LogP contribution in [0.2, 0.25) is 0 Å². The number of benzene rings is 1. The molecule has 0 aliphatic heterocycles. The third-order valence-corrected chi connectivity index (χ3v) is 5.88. The molecule has 0 atom stereocenters. The molecule has 2 N–H and O–H groups in total. The smallest absolute Gasteiger partial charge is 0.331 e. The van der Waals surface area contributed by atoms with Crippen LogP contribution < -0.4 is 10.7 Å². The van der Waals surface area contributed by atoms with E-state index in [9.17, 15) is 14.9 Å². The Morgan fingerprint density at radius 3 is 2.44 bits per heavy atom. The summed E-state index contributed by atoms with van der Waals surface area (Å²) in [5.41, 5.74) is 3.02. The molecule has 1 aromatic rings. The molecule has 7 nitrogen and oxygen atoms in total. The summed E-state index contributed by atoms with van der Waals surface area (Å²) in [4.78, 5) is 22.6. The second-order valence-corrected chi connectivity index (χ2v) is 7.87. The van der Waals surface area contributed by atoms with E-state index >= 15 is 0 Å². The van der Waals surface area contributed by atoms with Crippen molar-refractivity contribution in [3.05, 3.63) is 39.9 Å². The standard InChI is InChI=1S/C18H22N4O3/c23-17(21-19-11-12-2-1-3-16(7-12)22(24)25)20-18-8-13-4-14(9-18)6-15(5-13)10-18/h1-3,7,11,13-15H,4-6,8-10H2,(H2,20,21,23). The normalized spacial score (nSPS) is 32.7. The molecule has 0 radical (unpaired) electrons. The van der Waals surface area contributed by atoms with E-state index < -0.39 is 4.92 Å². The maximum absolute atomic E-state index is 12.2. The molecule has 1 aromatic carbocycles. The molecule has 7 heteroatoms. The molecular weight excluding hydrogens is 320 g/mol. The van der Waals surface area contributed by atoms with Crippen LogP contribution >= 0.6 is 0 Å². The zero-order valence-electron chi connectivity index (χ0n) is 14.0. The van der Waals surface area contributed by atoms with Gasteiger partial charge in [-0.05, 0) is 56.3 Å². The summed E-state index contributed by atoms with van der Waals surface area (Å²) >= 11 is 0. The van der Waals surface area contributed by atoms with Crippen molar-refractivity contribution in [2.75, 3.05) is 0 Å². The van der Waals surface area contributed by atoms with E-state index in [4.69, 9.17) is 0 Å². The first-order valence-electron chi connectivity index (χ1n) is 8.87. The molecule has 2 amide bonds. The minimum absolute atomic E-state index is 0.00182. The number of nitro benzene ring substituents is 1. The Morgan fingerprint density at radius 1 is 1.20 bits per heavy atom. The molecule has 0 heterocycles. The number of nitrogens with zero attached hydrogens (tertiary/aromatic N) is 2. The van der Waals surface area contributed by atoms with E-state index in [1.165, 1.54) is 37.6 Å². The molecular formula is C18H22N4O3. The molecule has 4 bridgehead atoms. The monoisotopic (exact) mass is 342 g/mol. The van der Waals surface area contributed by atoms with Gasteiger partial charge in [0, 0.05) is 23.2 Å². The molecule has 5 rings (SSSR count). The van der Waals surface area contributed by atoms with Crippen LogP contribution in [0.1, 0.15) is 44.1 Å². The van der Waals surface area contributed by atoms with Crippen molar-refractivity contribution in [2.24, 2.45) is 22.9 Å². The molecule has 4 fully saturated rings. The molecule has 4 aliphatic carbocycles. The van der Waals surface area contributed by atoms with Gasteiger partial charge < -0.3 is 5.32 Å². The van der Waals surface area contributed by atoms with Gasteiger partial charge in [-0.1, -0.05) is 12.1 Å². The predicted octanol–water partition coefficient (Wildman–Crippen LogP) is 3.20. The van der Waals surface area contributed by atoms with Crippen LogP contribution in [0.4, 0.5) is 10.5 Å². The SMILES string of the molecule is O=C(NN=Cc1cccc([N+](=O)[O-])c1)NC12CC3CC(CC(C3)C1)C2. The van der Waals surface area contributed by atoms with Crippen LogP contribution in [0.5, 0.6) is 0 Å². The van der Waals surface area contributed by atoms with Gasteiger partial charge in [-0.25, -0.2) is 10.2 Å². The van der Waals surface area contributed by atoms with Crippen molar-refractivity contribution >= 4 is 17.9 Å². The molecule has 4 aliphatic rings. The predicted molar refractivity (Wildman–Crippen MR) is 93.3 cm³/mol. The summed E-state index contributed by atoms with van der Waals surface area (Å²) in [6.07, 6.45) is 8.66. The van der Waals surface area contributed by atoms with Gasteiger partial charge in [0.05, 0.1) is 11.1 Å².